The van der Waals surface area contributed by atoms with E-state index in [9.17, 15) is 9.59 Å². The standard InChI is InChI=1S/C11H23NO6Si/c1-7(10(12)14)18-9(13)6-19-11(16-4,17-5)8(2)15-3/h7-8H,6,19H2,1-5H3,(H2,12,14). The van der Waals surface area contributed by atoms with Crippen molar-refractivity contribution in [3.8, 4) is 0 Å². The summed E-state index contributed by atoms with van der Waals surface area (Å²) in [7, 11) is 3.40. The summed E-state index contributed by atoms with van der Waals surface area (Å²) in [6.45, 7) is 3.23. The molecule has 0 bridgehead atoms. The fourth-order valence-corrected chi connectivity index (χ4v) is 3.24. The second-order valence-electron chi connectivity index (χ2n) is 4.13. The highest BCUT2D eigenvalue weighted by atomic mass is 28.2. The number of amides is 1. The Balaban J connectivity index is 4.48. The van der Waals surface area contributed by atoms with Gasteiger partial charge in [0, 0.05) is 27.4 Å². The molecular weight excluding hydrogens is 270 g/mol. The maximum absolute atomic E-state index is 11.6. The minimum absolute atomic E-state index is 0.160. The van der Waals surface area contributed by atoms with Crippen molar-refractivity contribution in [1.82, 2.24) is 0 Å². The Morgan fingerprint density at radius 2 is 1.74 bits per heavy atom. The average Bonchev–Trinajstić information content (AvgIpc) is 2.39. The van der Waals surface area contributed by atoms with Gasteiger partial charge in [0.15, 0.2) is 11.5 Å². The molecule has 2 unspecified atom stereocenters. The molecule has 0 saturated heterocycles. The molecule has 0 aromatic carbocycles. The molecule has 0 heterocycles. The molecule has 2 N–H and O–H groups in total. The highest BCUT2D eigenvalue weighted by Gasteiger charge is 2.37. The second-order valence-corrected chi connectivity index (χ2v) is 6.12. The number of nitrogens with two attached hydrogens (primary N) is 1. The van der Waals surface area contributed by atoms with E-state index in [0.717, 1.165) is 0 Å². The highest BCUT2D eigenvalue weighted by molar-refractivity contribution is 6.44. The van der Waals surface area contributed by atoms with Crippen molar-refractivity contribution in [2.75, 3.05) is 21.3 Å². The molecule has 0 aromatic rings. The number of ether oxygens (including phenoxy) is 4. The Kier molecular flexibility index (Phi) is 7.84. The van der Waals surface area contributed by atoms with Crippen molar-refractivity contribution in [3.63, 3.8) is 0 Å². The molecule has 1 amide bonds. The van der Waals surface area contributed by atoms with E-state index in [0.29, 0.717) is 0 Å². The van der Waals surface area contributed by atoms with Crippen molar-refractivity contribution in [2.45, 2.75) is 37.5 Å². The summed E-state index contributed by atoms with van der Waals surface area (Å²) in [5.41, 5.74) is 4.12. The molecule has 0 aliphatic rings. The lowest BCUT2D eigenvalue weighted by Gasteiger charge is -2.35. The van der Waals surface area contributed by atoms with Gasteiger partial charge in [-0.3, -0.25) is 9.59 Å². The zero-order valence-corrected chi connectivity index (χ0v) is 13.5. The van der Waals surface area contributed by atoms with E-state index >= 15 is 0 Å². The maximum atomic E-state index is 11.6. The Labute approximate surface area is 115 Å². The molecule has 112 valence electrons. The van der Waals surface area contributed by atoms with Crippen LogP contribution >= 0.6 is 0 Å². The average molecular weight is 293 g/mol. The molecule has 7 nitrogen and oxygen atoms in total. The van der Waals surface area contributed by atoms with Gasteiger partial charge in [-0.15, -0.1) is 0 Å². The van der Waals surface area contributed by atoms with E-state index in [-0.39, 0.29) is 12.1 Å². The lowest BCUT2D eigenvalue weighted by atomic mass is 10.4. The van der Waals surface area contributed by atoms with Crippen LogP contribution in [0.4, 0.5) is 0 Å². The Bertz CT molecular complexity index is 308. The third-order valence-corrected chi connectivity index (χ3v) is 5.56. The van der Waals surface area contributed by atoms with Gasteiger partial charge >= 0.3 is 5.97 Å². The third-order valence-electron chi connectivity index (χ3n) is 3.05. The molecule has 0 rings (SSSR count). The molecule has 0 radical (unpaired) electrons. The Morgan fingerprint density at radius 3 is 2.11 bits per heavy atom. The normalized spacial score (nSPS) is 15.4. The van der Waals surface area contributed by atoms with Crippen LogP contribution in [0.1, 0.15) is 13.8 Å². The predicted molar refractivity (Wildman–Crippen MR) is 71.3 cm³/mol. The third kappa shape index (κ3) is 5.27. The van der Waals surface area contributed by atoms with Crippen LogP contribution in [0.2, 0.25) is 6.04 Å². The first-order valence-electron chi connectivity index (χ1n) is 5.94. The van der Waals surface area contributed by atoms with Gasteiger partial charge in [-0.2, -0.15) is 0 Å². The van der Waals surface area contributed by atoms with Gasteiger partial charge in [0.05, 0.1) is 0 Å². The molecule has 2 atom stereocenters. The van der Waals surface area contributed by atoms with Crippen molar-refractivity contribution in [2.24, 2.45) is 5.73 Å². The number of hydrogen-bond donors (Lipinski definition) is 1. The lowest BCUT2D eigenvalue weighted by molar-refractivity contribution is -0.205. The smallest absolute Gasteiger partial charge is 0.303 e. The van der Waals surface area contributed by atoms with E-state index in [4.69, 9.17) is 24.7 Å². The van der Waals surface area contributed by atoms with Crippen LogP contribution < -0.4 is 5.73 Å². The van der Waals surface area contributed by atoms with E-state index in [1.165, 1.54) is 21.1 Å². The zero-order valence-electron chi connectivity index (χ0n) is 12.1. The summed E-state index contributed by atoms with van der Waals surface area (Å²) >= 11 is 0. The number of hydrogen-bond acceptors (Lipinski definition) is 6. The lowest BCUT2D eigenvalue weighted by Crippen LogP contribution is -2.51. The topological polar surface area (TPSA) is 97.1 Å². The fraction of sp³-hybridized carbons (Fsp3) is 0.818. The van der Waals surface area contributed by atoms with Crippen molar-refractivity contribution < 1.29 is 28.5 Å². The van der Waals surface area contributed by atoms with Gasteiger partial charge in [-0.25, -0.2) is 0 Å². The fourth-order valence-electron chi connectivity index (χ4n) is 1.59. The first-order valence-corrected chi connectivity index (χ1v) is 7.65. The Morgan fingerprint density at radius 1 is 1.21 bits per heavy atom. The van der Waals surface area contributed by atoms with E-state index in [1.54, 1.807) is 14.0 Å². The van der Waals surface area contributed by atoms with Gasteiger partial charge in [-0.1, -0.05) is 0 Å². The summed E-state index contributed by atoms with van der Waals surface area (Å²) in [5.74, 6) is -1.16. The predicted octanol–water partition coefficient (Wildman–Crippen LogP) is -1.03. The zero-order chi connectivity index (χ0) is 15.1. The summed E-state index contributed by atoms with van der Waals surface area (Å²) < 4.78 is 20.8. The first-order chi connectivity index (χ1) is 8.82. The first kappa shape index (κ1) is 18.0. The van der Waals surface area contributed by atoms with E-state index in [2.05, 4.69) is 0 Å². The summed E-state index contributed by atoms with van der Waals surface area (Å²) in [6.07, 6.45) is -1.24. The molecular formula is C11H23NO6Si. The maximum Gasteiger partial charge on any atom is 0.303 e. The van der Waals surface area contributed by atoms with Gasteiger partial charge in [0.1, 0.15) is 15.6 Å². The van der Waals surface area contributed by atoms with Crippen LogP contribution in [0.5, 0.6) is 0 Å². The molecule has 0 saturated carbocycles. The number of primary amides is 1. The number of carbonyl (C=O) groups is 2. The van der Waals surface area contributed by atoms with E-state index < -0.39 is 32.9 Å². The SMILES string of the molecule is COC(C)C(OC)(OC)[SiH2]CC(=O)OC(C)C(N)=O. The molecule has 0 aliphatic heterocycles. The van der Waals surface area contributed by atoms with Crippen LogP contribution in [0, 0.1) is 0 Å². The van der Waals surface area contributed by atoms with Crippen molar-refractivity contribution in [1.29, 1.82) is 0 Å². The van der Waals surface area contributed by atoms with Gasteiger partial charge in [0.25, 0.3) is 5.91 Å². The minimum Gasteiger partial charge on any atom is -0.453 e. The van der Waals surface area contributed by atoms with Crippen molar-refractivity contribution >= 4 is 21.4 Å². The molecule has 0 fully saturated rings. The van der Waals surface area contributed by atoms with Crippen LogP contribution in [-0.4, -0.2) is 60.3 Å². The summed E-state index contributed by atoms with van der Waals surface area (Å²) in [6, 6.07) is 0.160. The number of esters is 1. The molecule has 0 spiro atoms. The molecule has 0 aromatic heterocycles. The largest absolute Gasteiger partial charge is 0.453 e. The minimum atomic E-state index is -1.15. The molecule has 19 heavy (non-hydrogen) atoms. The highest BCUT2D eigenvalue weighted by Crippen LogP contribution is 2.19. The van der Waals surface area contributed by atoms with Crippen LogP contribution in [0.25, 0.3) is 0 Å². The quantitative estimate of drug-likeness (QED) is 0.332. The monoisotopic (exact) mass is 293 g/mol. The van der Waals surface area contributed by atoms with Crippen LogP contribution in [-0.2, 0) is 28.5 Å². The van der Waals surface area contributed by atoms with Crippen molar-refractivity contribution in [3.05, 3.63) is 0 Å². The second kappa shape index (κ2) is 8.26. The number of rotatable bonds is 9. The van der Waals surface area contributed by atoms with Crippen LogP contribution in [0.15, 0.2) is 0 Å². The van der Waals surface area contributed by atoms with Gasteiger partial charge < -0.3 is 24.7 Å². The van der Waals surface area contributed by atoms with E-state index in [1.807, 2.05) is 0 Å². The molecule has 0 aliphatic carbocycles. The van der Waals surface area contributed by atoms with Gasteiger partial charge in [0.2, 0.25) is 0 Å². The van der Waals surface area contributed by atoms with Gasteiger partial charge in [-0.05, 0) is 13.8 Å². The Hall–Kier alpha value is -0.963. The number of carbonyl (C=O) groups excluding carboxylic acids is 2. The van der Waals surface area contributed by atoms with Crippen LogP contribution in [0.3, 0.4) is 0 Å². The number of methoxy groups -OCH3 is 3. The summed E-state index contributed by atoms with van der Waals surface area (Å²) in [5, 5.41) is 0. The molecule has 8 heteroatoms. The summed E-state index contributed by atoms with van der Waals surface area (Å²) in [4.78, 5) is 22.4.